The maximum atomic E-state index is 5.34. The van der Waals surface area contributed by atoms with Gasteiger partial charge in [-0.15, -0.1) is 0 Å². The van der Waals surface area contributed by atoms with E-state index in [0.717, 1.165) is 18.8 Å². The molecule has 3 aromatic rings. The van der Waals surface area contributed by atoms with Crippen molar-refractivity contribution in [3.05, 3.63) is 83.9 Å². The monoisotopic (exact) mass is 335 g/mol. The summed E-state index contributed by atoms with van der Waals surface area (Å²) in [5, 5.41) is 0. The van der Waals surface area contributed by atoms with Gasteiger partial charge < -0.3 is 9.30 Å². The molecule has 0 N–H and O–H groups in total. The maximum Gasteiger partial charge on any atom is 0.119 e. The first-order chi connectivity index (χ1) is 12.2. The topological polar surface area (TPSA) is 30.3 Å². The fraction of sp³-hybridized carbons (Fsp3) is 0.286. The maximum absolute atomic E-state index is 5.34. The molecule has 1 aromatic heterocycles. The number of benzene rings is 2. The van der Waals surface area contributed by atoms with Gasteiger partial charge in [0.1, 0.15) is 5.75 Å². The molecule has 0 bridgehead atoms. The number of imidazole rings is 1. The number of rotatable bonds is 7. The van der Waals surface area contributed by atoms with Gasteiger partial charge in [0.05, 0.1) is 19.1 Å². The first-order valence-corrected chi connectivity index (χ1v) is 8.54. The van der Waals surface area contributed by atoms with Crippen LogP contribution in [-0.2, 0) is 13.1 Å². The highest BCUT2D eigenvalue weighted by atomic mass is 16.5. The lowest BCUT2D eigenvalue weighted by Gasteiger charge is -2.25. The fourth-order valence-electron chi connectivity index (χ4n) is 2.95. The van der Waals surface area contributed by atoms with E-state index in [2.05, 4.69) is 64.8 Å². The Morgan fingerprint density at radius 3 is 2.68 bits per heavy atom. The van der Waals surface area contributed by atoms with Gasteiger partial charge in [0.25, 0.3) is 0 Å². The minimum atomic E-state index is 0.287. The first kappa shape index (κ1) is 17.2. The zero-order valence-electron chi connectivity index (χ0n) is 15.1. The lowest BCUT2D eigenvalue weighted by Crippen LogP contribution is -2.23. The molecule has 25 heavy (non-hydrogen) atoms. The Morgan fingerprint density at radius 1 is 1.12 bits per heavy atom. The third-order valence-electron chi connectivity index (χ3n) is 4.64. The van der Waals surface area contributed by atoms with Gasteiger partial charge in [0, 0.05) is 25.3 Å². The predicted octanol–water partition coefficient (Wildman–Crippen LogP) is 4.13. The Morgan fingerprint density at radius 2 is 1.92 bits per heavy atom. The van der Waals surface area contributed by atoms with Crippen LogP contribution in [0, 0.1) is 0 Å². The SMILES string of the molecule is COc1cccc(C(C)N(C)Cc2cncn2Cc2ccccc2)c1. The van der Waals surface area contributed by atoms with Gasteiger partial charge in [-0.2, -0.15) is 0 Å². The Hall–Kier alpha value is -2.59. The van der Waals surface area contributed by atoms with E-state index in [1.807, 2.05) is 30.7 Å². The Bertz CT molecular complexity index is 798. The zero-order valence-corrected chi connectivity index (χ0v) is 15.1. The van der Waals surface area contributed by atoms with Gasteiger partial charge in [0.2, 0.25) is 0 Å². The Kier molecular flexibility index (Phi) is 5.51. The number of hydrogen-bond acceptors (Lipinski definition) is 3. The number of methoxy groups -OCH3 is 1. The quantitative estimate of drug-likeness (QED) is 0.650. The normalized spacial score (nSPS) is 12.3. The molecule has 0 saturated heterocycles. The van der Waals surface area contributed by atoms with Gasteiger partial charge in [-0.1, -0.05) is 42.5 Å². The van der Waals surface area contributed by atoms with Crippen molar-refractivity contribution in [2.75, 3.05) is 14.2 Å². The smallest absolute Gasteiger partial charge is 0.119 e. The summed E-state index contributed by atoms with van der Waals surface area (Å²) >= 11 is 0. The van der Waals surface area contributed by atoms with Crippen molar-refractivity contribution in [2.24, 2.45) is 0 Å². The molecule has 1 unspecified atom stereocenters. The van der Waals surface area contributed by atoms with Crippen LogP contribution in [0.2, 0.25) is 0 Å². The molecule has 4 nitrogen and oxygen atoms in total. The summed E-state index contributed by atoms with van der Waals surface area (Å²) in [6.45, 7) is 3.90. The second-order valence-electron chi connectivity index (χ2n) is 6.37. The average molecular weight is 335 g/mol. The van der Waals surface area contributed by atoms with Gasteiger partial charge in [-0.3, -0.25) is 4.90 Å². The van der Waals surface area contributed by atoms with Crippen LogP contribution in [-0.4, -0.2) is 28.6 Å². The van der Waals surface area contributed by atoms with Crippen molar-refractivity contribution in [3.8, 4) is 5.75 Å². The number of ether oxygens (including phenoxy) is 1. The van der Waals surface area contributed by atoms with Crippen molar-refractivity contribution in [1.29, 1.82) is 0 Å². The van der Waals surface area contributed by atoms with E-state index < -0.39 is 0 Å². The minimum absolute atomic E-state index is 0.287. The molecule has 0 aliphatic carbocycles. The van der Waals surface area contributed by atoms with Crippen LogP contribution in [0.5, 0.6) is 5.75 Å². The highest BCUT2D eigenvalue weighted by Crippen LogP contribution is 2.24. The van der Waals surface area contributed by atoms with E-state index in [-0.39, 0.29) is 6.04 Å². The number of nitrogens with zero attached hydrogens (tertiary/aromatic N) is 3. The highest BCUT2D eigenvalue weighted by Gasteiger charge is 2.14. The van der Waals surface area contributed by atoms with Gasteiger partial charge in [-0.25, -0.2) is 4.98 Å². The summed E-state index contributed by atoms with van der Waals surface area (Å²) in [6, 6.07) is 19.0. The third-order valence-corrected chi connectivity index (χ3v) is 4.64. The standard InChI is InChI=1S/C21H25N3O/c1-17(19-10-7-11-21(12-19)25-3)23(2)15-20-13-22-16-24(20)14-18-8-5-4-6-9-18/h4-13,16-17H,14-15H2,1-3H3. The van der Waals surface area contributed by atoms with E-state index >= 15 is 0 Å². The molecule has 0 fully saturated rings. The van der Waals surface area contributed by atoms with Crippen LogP contribution in [0.4, 0.5) is 0 Å². The predicted molar refractivity (Wildman–Crippen MR) is 101 cm³/mol. The second kappa shape index (κ2) is 7.99. The van der Waals surface area contributed by atoms with Crippen molar-refractivity contribution in [1.82, 2.24) is 14.5 Å². The summed E-state index contributed by atoms with van der Waals surface area (Å²) < 4.78 is 7.56. The molecular weight excluding hydrogens is 310 g/mol. The largest absolute Gasteiger partial charge is 0.497 e. The molecule has 0 amide bonds. The molecule has 0 saturated carbocycles. The first-order valence-electron chi connectivity index (χ1n) is 8.54. The van der Waals surface area contributed by atoms with Crippen LogP contribution in [0.15, 0.2) is 67.1 Å². The molecular formula is C21H25N3O. The summed E-state index contributed by atoms with van der Waals surface area (Å²) in [5.41, 5.74) is 3.74. The second-order valence-corrected chi connectivity index (χ2v) is 6.37. The molecule has 1 heterocycles. The summed E-state index contributed by atoms with van der Waals surface area (Å²) in [7, 11) is 3.85. The van der Waals surface area contributed by atoms with E-state index in [1.54, 1.807) is 7.11 Å². The van der Waals surface area contributed by atoms with Crippen molar-refractivity contribution in [2.45, 2.75) is 26.1 Å². The molecule has 0 aliphatic heterocycles. The lowest BCUT2D eigenvalue weighted by molar-refractivity contribution is 0.246. The van der Waals surface area contributed by atoms with Crippen LogP contribution in [0.25, 0.3) is 0 Å². The van der Waals surface area contributed by atoms with Gasteiger partial charge >= 0.3 is 0 Å². The summed E-state index contributed by atoms with van der Waals surface area (Å²) in [4.78, 5) is 6.67. The average Bonchev–Trinajstić information content (AvgIpc) is 3.08. The molecule has 3 rings (SSSR count). The van der Waals surface area contributed by atoms with E-state index in [9.17, 15) is 0 Å². The fourth-order valence-corrected chi connectivity index (χ4v) is 2.95. The summed E-state index contributed by atoms with van der Waals surface area (Å²) in [6.07, 6.45) is 3.87. The van der Waals surface area contributed by atoms with Crippen LogP contribution >= 0.6 is 0 Å². The van der Waals surface area contributed by atoms with E-state index in [4.69, 9.17) is 4.74 Å². The lowest BCUT2D eigenvalue weighted by atomic mass is 10.1. The van der Waals surface area contributed by atoms with Crippen molar-refractivity contribution in [3.63, 3.8) is 0 Å². The van der Waals surface area contributed by atoms with Crippen molar-refractivity contribution >= 4 is 0 Å². The Balaban J connectivity index is 1.70. The van der Waals surface area contributed by atoms with Gasteiger partial charge in [0.15, 0.2) is 0 Å². The molecule has 4 heteroatoms. The third kappa shape index (κ3) is 4.28. The van der Waals surface area contributed by atoms with E-state index in [0.29, 0.717) is 0 Å². The van der Waals surface area contributed by atoms with Crippen molar-refractivity contribution < 1.29 is 4.74 Å². The number of hydrogen-bond donors (Lipinski definition) is 0. The van der Waals surface area contributed by atoms with Gasteiger partial charge in [-0.05, 0) is 37.2 Å². The molecule has 0 aliphatic rings. The molecule has 130 valence electrons. The van der Waals surface area contributed by atoms with E-state index in [1.165, 1.54) is 16.8 Å². The minimum Gasteiger partial charge on any atom is -0.497 e. The highest BCUT2D eigenvalue weighted by molar-refractivity contribution is 5.30. The zero-order chi connectivity index (χ0) is 17.6. The Labute approximate surface area is 149 Å². The van der Waals surface area contributed by atoms with Crippen LogP contribution in [0.1, 0.15) is 29.8 Å². The molecule has 0 spiro atoms. The summed E-state index contributed by atoms with van der Waals surface area (Å²) in [5.74, 6) is 0.895. The van der Waals surface area contributed by atoms with Crippen LogP contribution < -0.4 is 4.74 Å². The molecule has 2 aromatic carbocycles. The molecule has 0 radical (unpaired) electrons. The number of aromatic nitrogens is 2. The van der Waals surface area contributed by atoms with Crippen LogP contribution in [0.3, 0.4) is 0 Å². The molecule has 1 atom stereocenters.